The van der Waals surface area contributed by atoms with Crippen molar-refractivity contribution >= 4 is 27.3 Å². The molecule has 13 heteroatoms. The Hall–Kier alpha value is -3.22. The second-order valence-electron chi connectivity index (χ2n) is 5.63. The minimum atomic E-state index is -6.02. The summed E-state index contributed by atoms with van der Waals surface area (Å²) in [5.74, 6) is -1.21. The van der Waals surface area contributed by atoms with E-state index in [0.29, 0.717) is 0 Å². The smallest absolute Gasteiger partial charge is 0.424 e. The monoisotopic (exact) mass is 446 g/mol. The van der Waals surface area contributed by atoms with Crippen LogP contribution >= 0.6 is 0 Å². The van der Waals surface area contributed by atoms with E-state index in [1.807, 2.05) is 0 Å². The van der Waals surface area contributed by atoms with E-state index < -0.39 is 33.5 Å². The second-order valence-corrected chi connectivity index (χ2v) is 7.41. The lowest BCUT2D eigenvalue weighted by Gasteiger charge is -2.25. The highest BCUT2D eigenvalue weighted by molar-refractivity contribution is 7.94. The highest BCUT2D eigenvalue weighted by Crippen LogP contribution is 2.35. The number of oxime groups is 1. The van der Waals surface area contributed by atoms with Crippen LogP contribution in [-0.4, -0.2) is 42.6 Å². The molecule has 0 atom stereocenters. The molecular weight excluding hydrogens is 429 g/mol. The van der Waals surface area contributed by atoms with Gasteiger partial charge in [-0.1, -0.05) is 12.1 Å². The van der Waals surface area contributed by atoms with Gasteiger partial charge in [0.2, 0.25) is 5.91 Å². The van der Waals surface area contributed by atoms with Crippen LogP contribution in [0.4, 0.5) is 18.9 Å². The molecule has 0 radical (unpaired) electrons. The fourth-order valence-electron chi connectivity index (χ4n) is 2.32. The van der Waals surface area contributed by atoms with Gasteiger partial charge in [-0.25, -0.2) is 9.97 Å². The maximum atomic E-state index is 13.2. The van der Waals surface area contributed by atoms with Gasteiger partial charge >= 0.3 is 21.5 Å². The van der Waals surface area contributed by atoms with Crippen LogP contribution in [0.1, 0.15) is 25.8 Å². The van der Waals surface area contributed by atoms with Gasteiger partial charge in [0, 0.05) is 24.4 Å². The zero-order valence-corrected chi connectivity index (χ0v) is 16.9. The van der Waals surface area contributed by atoms with Gasteiger partial charge in [0.25, 0.3) is 0 Å². The number of hydrogen-bond acceptors (Lipinski definition) is 8. The second kappa shape index (κ2) is 9.07. The summed E-state index contributed by atoms with van der Waals surface area (Å²) in [5, 5.41) is 3.63. The van der Waals surface area contributed by atoms with E-state index in [2.05, 4.69) is 20.0 Å². The van der Waals surface area contributed by atoms with Crippen LogP contribution in [0.15, 0.2) is 41.8 Å². The molecule has 2 aromatic rings. The zero-order chi connectivity index (χ0) is 22.5. The predicted molar refractivity (Wildman–Crippen MR) is 101 cm³/mol. The molecule has 2 rings (SSSR count). The molecular formula is C17H17F3N4O5S. The molecule has 1 aromatic heterocycles. The van der Waals surface area contributed by atoms with E-state index in [0.717, 1.165) is 6.07 Å². The molecule has 30 heavy (non-hydrogen) atoms. The van der Waals surface area contributed by atoms with Gasteiger partial charge in [0.05, 0.1) is 11.4 Å². The number of amides is 1. The summed E-state index contributed by atoms with van der Waals surface area (Å²) < 4.78 is 69.1. The highest BCUT2D eigenvalue weighted by Gasteiger charge is 2.52. The number of halogens is 3. The minimum Gasteiger partial charge on any atom is -0.424 e. The first kappa shape index (κ1) is 23.1. The van der Waals surface area contributed by atoms with E-state index in [1.54, 1.807) is 6.07 Å². The predicted octanol–water partition coefficient (Wildman–Crippen LogP) is 3.23. The van der Waals surface area contributed by atoms with E-state index in [9.17, 15) is 26.4 Å². The molecule has 0 saturated carbocycles. The van der Waals surface area contributed by atoms with Crippen molar-refractivity contribution in [2.24, 2.45) is 5.16 Å². The largest absolute Gasteiger partial charge is 0.517 e. The zero-order valence-electron chi connectivity index (χ0n) is 16.0. The van der Waals surface area contributed by atoms with Crippen LogP contribution in [0.3, 0.4) is 0 Å². The number of aromatic nitrogens is 2. The molecule has 1 amide bonds. The maximum Gasteiger partial charge on any atom is 0.517 e. The van der Waals surface area contributed by atoms with E-state index in [1.165, 1.54) is 45.5 Å². The standard InChI is InChI=1S/C17H17F3N4O5S/c1-4-15(25)24(30(26,27)17(18,19)20)14-7-6-12(10-13(14)11(2)23-28-3)29-16-21-8-5-9-22-16/h5-10H,4H2,1-3H3. The number of benzene rings is 1. The number of carbonyl (C=O) groups excluding carboxylic acids is 1. The molecule has 0 N–H and O–H groups in total. The first-order chi connectivity index (χ1) is 14.0. The summed E-state index contributed by atoms with van der Waals surface area (Å²) >= 11 is 0. The summed E-state index contributed by atoms with van der Waals surface area (Å²) in [5.41, 5.74) is -6.40. The van der Waals surface area contributed by atoms with Crippen LogP contribution in [0.25, 0.3) is 0 Å². The average molecular weight is 446 g/mol. The first-order valence-electron chi connectivity index (χ1n) is 8.34. The number of anilines is 1. The fourth-order valence-corrected chi connectivity index (χ4v) is 3.34. The molecule has 1 aromatic carbocycles. The van der Waals surface area contributed by atoms with Crippen molar-refractivity contribution < 1.29 is 36.0 Å². The Morgan fingerprint density at radius 2 is 1.87 bits per heavy atom. The van der Waals surface area contributed by atoms with Crippen molar-refractivity contribution in [2.45, 2.75) is 25.8 Å². The number of rotatable bonds is 7. The Morgan fingerprint density at radius 1 is 1.23 bits per heavy atom. The molecule has 0 aliphatic rings. The Kier molecular flexibility index (Phi) is 6.97. The number of ether oxygens (including phenoxy) is 1. The fraction of sp³-hybridized carbons (Fsp3) is 0.294. The van der Waals surface area contributed by atoms with Gasteiger partial charge in [-0.3, -0.25) is 4.79 Å². The Labute approximate surface area is 170 Å². The van der Waals surface area contributed by atoms with Crippen LogP contribution in [-0.2, 0) is 19.7 Å². The van der Waals surface area contributed by atoms with Gasteiger partial charge in [-0.2, -0.15) is 25.9 Å². The number of sulfonamides is 1. The van der Waals surface area contributed by atoms with Crippen molar-refractivity contribution in [1.82, 2.24) is 9.97 Å². The quantitative estimate of drug-likeness (QED) is 0.474. The molecule has 0 saturated heterocycles. The summed E-state index contributed by atoms with van der Waals surface area (Å²) in [7, 11) is -4.83. The molecule has 0 spiro atoms. The number of nitrogens with zero attached hydrogens (tertiary/aromatic N) is 4. The topological polar surface area (TPSA) is 111 Å². The van der Waals surface area contributed by atoms with Crippen molar-refractivity contribution in [2.75, 3.05) is 11.4 Å². The van der Waals surface area contributed by atoms with Gasteiger partial charge in [0.1, 0.15) is 12.9 Å². The molecule has 9 nitrogen and oxygen atoms in total. The van der Waals surface area contributed by atoms with Gasteiger partial charge in [-0.05, 0) is 31.2 Å². The Bertz CT molecular complexity index is 1040. The van der Waals surface area contributed by atoms with Crippen molar-refractivity contribution in [3.8, 4) is 11.8 Å². The average Bonchev–Trinajstić information content (AvgIpc) is 2.68. The van der Waals surface area contributed by atoms with Crippen molar-refractivity contribution in [3.05, 3.63) is 42.2 Å². The summed E-state index contributed by atoms with van der Waals surface area (Å²) in [6, 6.07) is 4.87. The first-order valence-corrected chi connectivity index (χ1v) is 9.78. The summed E-state index contributed by atoms with van der Waals surface area (Å²) in [6.45, 7) is 2.60. The van der Waals surface area contributed by atoms with Crippen LogP contribution in [0.2, 0.25) is 0 Å². The van der Waals surface area contributed by atoms with E-state index >= 15 is 0 Å². The van der Waals surface area contributed by atoms with Crippen LogP contribution in [0, 0.1) is 0 Å². The molecule has 162 valence electrons. The maximum absolute atomic E-state index is 13.2. The van der Waals surface area contributed by atoms with Crippen LogP contribution < -0.4 is 9.04 Å². The normalized spacial score (nSPS) is 12.4. The summed E-state index contributed by atoms with van der Waals surface area (Å²) in [6.07, 6.45) is 2.32. The minimum absolute atomic E-state index is 0.00166. The Balaban J connectivity index is 2.69. The number of alkyl halides is 3. The lowest BCUT2D eigenvalue weighted by atomic mass is 10.1. The molecule has 0 fully saturated rings. The van der Waals surface area contributed by atoms with Crippen molar-refractivity contribution in [3.63, 3.8) is 0 Å². The molecule has 0 unspecified atom stereocenters. The number of hydrogen-bond donors (Lipinski definition) is 0. The number of carbonyl (C=O) groups is 1. The van der Waals surface area contributed by atoms with E-state index in [-0.39, 0.29) is 27.3 Å². The molecule has 0 aliphatic heterocycles. The lowest BCUT2D eigenvalue weighted by Crippen LogP contribution is -2.45. The lowest BCUT2D eigenvalue weighted by molar-refractivity contribution is -0.117. The van der Waals surface area contributed by atoms with E-state index in [4.69, 9.17) is 4.74 Å². The Morgan fingerprint density at radius 3 is 2.40 bits per heavy atom. The van der Waals surface area contributed by atoms with Gasteiger partial charge in [-0.15, -0.1) is 0 Å². The van der Waals surface area contributed by atoms with Crippen LogP contribution in [0.5, 0.6) is 11.8 Å². The van der Waals surface area contributed by atoms with Gasteiger partial charge < -0.3 is 9.57 Å². The molecule has 0 aliphatic carbocycles. The van der Waals surface area contributed by atoms with Crippen molar-refractivity contribution in [1.29, 1.82) is 0 Å². The molecule has 1 heterocycles. The van der Waals surface area contributed by atoms with Gasteiger partial charge in [0.15, 0.2) is 0 Å². The summed E-state index contributed by atoms with van der Waals surface area (Å²) in [4.78, 5) is 24.6. The third-order valence-corrected chi connectivity index (χ3v) is 5.08. The third kappa shape index (κ3) is 4.84. The third-order valence-electron chi connectivity index (χ3n) is 3.62. The SMILES string of the molecule is CCC(=O)N(c1ccc(Oc2ncccn2)cc1C(C)=NOC)S(=O)(=O)C(F)(F)F. The highest BCUT2D eigenvalue weighted by atomic mass is 32.2. The molecule has 0 bridgehead atoms.